The zero-order chi connectivity index (χ0) is 15.9. The fourth-order valence-electron chi connectivity index (χ4n) is 3.48. The van der Waals surface area contributed by atoms with Crippen LogP contribution in [0.4, 0.5) is 5.69 Å². The van der Waals surface area contributed by atoms with Crippen molar-refractivity contribution in [2.45, 2.75) is 63.8 Å². The molecule has 124 valence electrons. The first-order valence-electron chi connectivity index (χ1n) is 9.00. The molecule has 0 bridgehead atoms. The molecule has 2 aliphatic carbocycles. The third-order valence-corrected chi connectivity index (χ3v) is 4.84. The van der Waals surface area contributed by atoms with Gasteiger partial charge in [-0.15, -0.1) is 0 Å². The summed E-state index contributed by atoms with van der Waals surface area (Å²) in [5.41, 5.74) is 3.00. The number of amides is 1. The SMILES string of the molecule is O=C(NCCC1=CCCCC1)c1ccc(NC2CCCC2)cn1. The van der Waals surface area contributed by atoms with E-state index in [0.717, 1.165) is 12.1 Å². The number of rotatable bonds is 6. The normalized spacial score (nSPS) is 18.5. The molecule has 4 nitrogen and oxygen atoms in total. The molecule has 2 N–H and O–H groups in total. The van der Waals surface area contributed by atoms with Crippen LogP contribution in [0.1, 0.15) is 68.3 Å². The lowest BCUT2D eigenvalue weighted by atomic mass is 9.97. The number of aromatic nitrogens is 1. The highest BCUT2D eigenvalue weighted by atomic mass is 16.1. The third kappa shape index (κ3) is 4.81. The Bertz CT molecular complexity index is 544. The maximum Gasteiger partial charge on any atom is 0.269 e. The topological polar surface area (TPSA) is 54.0 Å². The summed E-state index contributed by atoms with van der Waals surface area (Å²) in [6, 6.07) is 4.34. The second kappa shape index (κ2) is 8.14. The second-order valence-electron chi connectivity index (χ2n) is 6.67. The Morgan fingerprint density at radius 3 is 2.74 bits per heavy atom. The molecule has 1 saturated carbocycles. The van der Waals surface area contributed by atoms with Crippen molar-refractivity contribution in [3.8, 4) is 0 Å². The molecule has 3 rings (SSSR count). The van der Waals surface area contributed by atoms with Crippen molar-refractivity contribution in [3.05, 3.63) is 35.7 Å². The van der Waals surface area contributed by atoms with Gasteiger partial charge in [-0.05, 0) is 57.1 Å². The number of nitrogens with one attached hydrogen (secondary N) is 2. The molecule has 0 radical (unpaired) electrons. The van der Waals surface area contributed by atoms with Crippen molar-refractivity contribution in [3.63, 3.8) is 0 Å². The number of nitrogens with zero attached hydrogens (tertiary/aromatic N) is 1. The van der Waals surface area contributed by atoms with Gasteiger partial charge in [0.1, 0.15) is 5.69 Å². The Labute approximate surface area is 138 Å². The van der Waals surface area contributed by atoms with E-state index in [1.54, 1.807) is 6.20 Å². The average Bonchev–Trinajstić information content (AvgIpc) is 3.09. The summed E-state index contributed by atoms with van der Waals surface area (Å²) < 4.78 is 0. The highest BCUT2D eigenvalue weighted by molar-refractivity contribution is 5.92. The Balaban J connectivity index is 1.44. The van der Waals surface area contributed by atoms with E-state index >= 15 is 0 Å². The lowest BCUT2D eigenvalue weighted by Crippen LogP contribution is -2.25. The van der Waals surface area contributed by atoms with E-state index in [1.807, 2.05) is 12.1 Å². The molecule has 0 aliphatic heterocycles. The Hall–Kier alpha value is -1.84. The number of carbonyl (C=O) groups excluding carboxylic acids is 1. The van der Waals surface area contributed by atoms with Crippen LogP contribution < -0.4 is 10.6 Å². The minimum atomic E-state index is -0.0752. The zero-order valence-corrected chi connectivity index (χ0v) is 13.8. The minimum absolute atomic E-state index is 0.0752. The number of hydrogen-bond acceptors (Lipinski definition) is 3. The maximum atomic E-state index is 12.1. The molecule has 23 heavy (non-hydrogen) atoms. The standard InChI is InChI=1S/C19H27N3O/c23-19(20-13-12-15-6-2-1-3-7-15)18-11-10-17(14-21-18)22-16-8-4-5-9-16/h6,10-11,14,16,22H,1-5,7-9,12-13H2,(H,20,23). The predicted molar refractivity (Wildman–Crippen MR) is 93.6 cm³/mol. The van der Waals surface area contributed by atoms with Crippen LogP contribution in [0.15, 0.2) is 30.0 Å². The van der Waals surface area contributed by atoms with Gasteiger partial charge in [-0.2, -0.15) is 0 Å². The molecule has 1 amide bonds. The van der Waals surface area contributed by atoms with Crippen molar-refractivity contribution in [1.29, 1.82) is 0 Å². The van der Waals surface area contributed by atoms with Crippen LogP contribution in [0.25, 0.3) is 0 Å². The Kier molecular flexibility index (Phi) is 5.67. The molecule has 1 fully saturated rings. The first kappa shape index (κ1) is 16.0. The average molecular weight is 313 g/mol. The van der Waals surface area contributed by atoms with Crippen molar-refractivity contribution >= 4 is 11.6 Å². The van der Waals surface area contributed by atoms with Crippen molar-refractivity contribution < 1.29 is 4.79 Å². The molecular formula is C19H27N3O. The molecule has 1 aromatic rings. The maximum absolute atomic E-state index is 12.1. The van der Waals surface area contributed by atoms with Crippen molar-refractivity contribution in [2.24, 2.45) is 0 Å². The zero-order valence-electron chi connectivity index (χ0n) is 13.8. The molecule has 4 heteroatoms. The van der Waals surface area contributed by atoms with Gasteiger partial charge in [0.2, 0.25) is 0 Å². The minimum Gasteiger partial charge on any atom is -0.381 e. The summed E-state index contributed by atoms with van der Waals surface area (Å²) in [6.07, 6.45) is 15.1. The largest absolute Gasteiger partial charge is 0.381 e. The smallest absolute Gasteiger partial charge is 0.269 e. The molecule has 0 spiro atoms. The third-order valence-electron chi connectivity index (χ3n) is 4.84. The van der Waals surface area contributed by atoms with Gasteiger partial charge in [-0.1, -0.05) is 24.5 Å². The molecule has 2 aliphatic rings. The van der Waals surface area contributed by atoms with E-state index in [-0.39, 0.29) is 5.91 Å². The van der Waals surface area contributed by atoms with Crippen molar-refractivity contribution in [2.75, 3.05) is 11.9 Å². The van der Waals surface area contributed by atoms with Gasteiger partial charge in [0.15, 0.2) is 0 Å². The molecule has 0 aromatic carbocycles. The highest BCUT2D eigenvalue weighted by Gasteiger charge is 2.15. The number of anilines is 1. The molecule has 1 heterocycles. The highest BCUT2D eigenvalue weighted by Crippen LogP contribution is 2.22. The number of pyridine rings is 1. The monoisotopic (exact) mass is 313 g/mol. The summed E-state index contributed by atoms with van der Waals surface area (Å²) >= 11 is 0. The number of allylic oxidation sites excluding steroid dienone is 1. The quantitative estimate of drug-likeness (QED) is 0.779. The van der Waals surface area contributed by atoms with Gasteiger partial charge >= 0.3 is 0 Å². The van der Waals surface area contributed by atoms with Crippen LogP contribution >= 0.6 is 0 Å². The Morgan fingerprint density at radius 1 is 1.17 bits per heavy atom. The lowest BCUT2D eigenvalue weighted by Gasteiger charge is -2.14. The summed E-state index contributed by atoms with van der Waals surface area (Å²) in [5.74, 6) is -0.0752. The Morgan fingerprint density at radius 2 is 2.04 bits per heavy atom. The van der Waals surface area contributed by atoms with Gasteiger partial charge in [-0.3, -0.25) is 4.79 Å². The molecular weight excluding hydrogens is 286 g/mol. The van der Waals surface area contributed by atoms with E-state index in [2.05, 4.69) is 21.7 Å². The summed E-state index contributed by atoms with van der Waals surface area (Å²) in [5, 5.41) is 6.47. The number of hydrogen-bond donors (Lipinski definition) is 2. The van der Waals surface area contributed by atoms with Crippen LogP contribution in [0, 0.1) is 0 Å². The summed E-state index contributed by atoms with van der Waals surface area (Å²) in [6.45, 7) is 0.703. The van der Waals surface area contributed by atoms with Gasteiger partial charge < -0.3 is 10.6 Å². The second-order valence-corrected chi connectivity index (χ2v) is 6.67. The van der Waals surface area contributed by atoms with Crippen LogP contribution in [-0.4, -0.2) is 23.5 Å². The van der Waals surface area contributed by atoms with E-state index in [4.69, 9.17) is 0 Å². The van der Waals surface area contributed by atoms with E-state index in [9.17, 15) is 4.79 Å². The summed E-state index contributed by atoms with van der Waals surface area (Å²) in [7, 11) is 0. The number of carbonyl (C=O) groups is 1. The first-order valence-corrected chi connectivity index (χ1v) is 9.00. The van der Waals surface area contributed by atoms with Gasteiger partial charge in [0.05, 0.1) is 11.9 Å². The van der Waals surface area contributed by atoms with Gasteiger partial charge in [0, 0.05) is 12.6 Å². The van der Waals surface area contributed by atoms with Crippen LogP contribution in [0.5, 0.6) is 0 Å². The first-order chi connectivity index (χ1) is 11.3. The van der Waals surface area contributed by atoms with Crippen LogP contribution in [-0.2, 0) is 0 Å². The van der Waals surface area contributed by atoms with Gasteiger partial charge in [0.25, 0.3) is 5.91 Å². The molecule has 0 saturated heterocycles. The predicted octanol–water partition coefficient (Wildman–Crippen LogP) is 4.06. The van der Waals surface area contributed by atoms with Crippen LogP contribution in [0.2, 0.25) is 0 Å². The van der Waals surface area contributed by atoms with E-state index < -0.39 is 0 Å². The molecule has 1 aromatic heterocycles. The molecule has 0 unspecified atom stereocenters. The van der Waals surface area contributed by atoms with Crippen LogP contribution in [0.3, 0.4) is 0 Å². The van der Waals surface area contributed by atoms with E-state index in [1.165, 1.54) is 56.9 Å². The lowest BCUT2D eigenvalue weighted by molar-refractivity contribution is 0.0949. The summed E-state index contributed by atoms with van der Waals surface area (Å²) in [4.78, 5) is 16.4. The fourth-order valence-corrected chi connectivity index (χ4v) is 3.48. The van der Waals surface area contributed by atoms with Crippen molar-refractivity contribution in [1.82, 2.24) is 10.3 Å². The van der Waals surface area contributed by atoms with E-state index in [0.29, 0.717) is 18.3 Å². The molecule has 0 atom stereocenters. The van der Waals surface area contributed by atoms with Gasteiger partial charge in [-0.25, -0.2) is 4.98 Å². The fraction of sp³-hybridized carbons (Fsp3) is 0.579.